The Bertz CT molecular complexity index is 1160. The number of nitrogens with zero attached hydrogens (tertiary/aromatic N) is 2. The van der Waals surface area contributed by atoms with Gasteiger partial charge in [-0.15, -0.1) is 0 Å². The Morgan fingerprint density at radius 1 is 0.969 bits per heavy atom. The van der Waals surface area contributed by atoms with Crippen LogP contribution in [0.3, 0.4) is 0 Å². The van der Waals surface area contributed by atoms with E-state index >= 15 is 0 Å². The van der Waals surface area contributed by atoms with Gasteiger partial charge in [0.25, 0.3) is 5.91 Å². The first-order chi connectivity index (χ1) is 15.7. The Morgan fingerprint density at radius 3 is 2.56 bits per heavy atom. The van der Waals surface area contributed by atoms with Crippen LogP contribution in [-0.4, -0.2) is 17.3 Å². The number of anilines is 2. The largest absolute Gasteiger partial charge is 0.467 e. The molecule has 1 saturated carbocycles. The molecule has 3 aliphatic rings. The van der Waals surface area contributed by atoms with E-state index in [0.717, 1.165) is 66.1 Å². The van der Waals surface area contributed by atoms with E-state index in [1.807, 2.05) is 41.3 Å². The number of nitrogens with one attached hydrogen (secondary N) is 2. The zero-order valence-electron chi connectivity index (χ0n) is 17.9. The Morgan fingerprint density at radius 2 is 1.78 bits per heavy atom. The number of carbonyl (C=O) groups excluding carboxylic acids is 1. The molecule has 1 atom stereocenters. The second-order valence-corrected chi connectivity index (χ2v) is 8.91. The first kappa shape index (κ1) is 19.2. The molecule has 6 heteroatoms. The minimum atomic E-state index is -0.359. The number of carbonyl (C=O) groups is 1. The van der Waals surface area contributed by atoms with Crippen molar-refractivity contribution in [1.82, 2.24) is 5.43 Å². The van der Waals surface area contributed by atoms with E-state index in [-0.39, 0.29) is 17.6 Å². The molecule has 1 amide bonds. The van der Waals surface area contributed by atoms with Crippen molar-refractivity contribution in [2.75, 3.05) is 10.2 Å². The normalized spacial score (nSPS) is 21.6. The standard InChI is InChI=1S/C26H26N4O2/c31-25-20-7-2-3-8-21(20)27-26(14-4-1-5-15-26)30(25)19-12-10-18(11-13-19)22-17-23(29-28-22)24-9-6-16-32-24/h2-3,6-13,16,23,27,29H,1,4-5,14-15,17H2. The zero-order valence-corrected chi connectivity index (χ0v) is 17.9. The summed E-state index contributed by atoms with van der Waals surface area (Å²) in [5, 5.41) is 8.27. The highest BCUT2D eigenvalue weighted by atomic mass is 16.3. The van der Waals surface area contributed by atoms with Gasteiger partial charge >= 0.3 is 0 Å². The van der Waals surface area contributed by atoms with Crippen LogP contribution in [0.4, 0.5) is 11.4 Å². The molecule has 32 heavy (non-hydrogen) atoms. The minimum absolute atomic E-state index is 0.0644. The molecule has 3 aromatic rings. The number of para-hydroxylation sites is 1. The molecule has 6 nitrogen and oxygen atoms in total. The molecule has 1 unspecified atom stereocenters. The lowest BCUT2D eigenvalue weighted by atomic mass is 9.84. The first-order valence-electron chi connectivity index (χ1n) is 11.4. The van der Waals surface area contributed by atoms with Gasteiger partial charge in [-0.05, 0) is 67.6 Å². The third-order valence-corrected chi connectivity index (χ3v) is 6.93. The summed E-state index contributed by atoms with van der Waals surface area (Å²) in [6.45, 7) is 0. The highest BCUT2D eigenvalue weighted by Crippen LogP contribution is 2.43. The van der Waals surface area contributed by atoms with Gasteiger partial charge in [-0.3, -0.25) is 15.1 Å². The van der Waals surface area contributed by atoms with Gasteiger partial charge in [0.15, 0.2) is 0 Å². The van der Waals surface area contributed by atoms with E-state index in [1.54, 1.807) is 6.26 Å². The number of hydrogen-bond acceptors (Lipinski definition) is 5. The van der Waals surface area contributed by atoms with Crippen molar-refractivity contribution in [1.29, 1.82) is 0 Å². The summed E-state index contributed by atoms with van der Waals surface area (Å²) in [5.74, 6) is 0.968. The van der Waals surface area contributed by atoms with Crippen molar-refractivity contribution >= 4 is 23.0 Å². The van der Waals surface area contributed by atoms with Crippen LogP contribution in [0.5, 0.6) is 0 Å². The maximum absolute atomic E-state index is 13.6. The van der Waals surface area contributed by atoms with Crippen LogP contribution < -0.4 is 15.6 Å². The highest BCUT2D eigenvalue weighted by Gasteiger charge is 2.46. The van der Waals surface area contributed by atoms with E-state index in [0.29, 0.717) is 0 Å². The first-order valence-corrected chi connectivity index (χ1v) is 11.4. The van der Waals surface area contributed by atoms with Crippen LogP contribution >= 0.6 is 0 Å². The Hall–Kier alpha value is -3.54. The highest BCUT2D eigenvalue weighted by molar-refractivity contribution is 6.13. The maximum Gasteiger partial charge on any atom is 0.262 e. The molecule has 6 rings (SSSR count). The summed E-state index contributed by atoms with van der Waals surface area (Å²) in [6, 6.07) is 20.0. The molecule has 1 spiro atoms. The summed E-state index contributed by atoms with van der Waals surface area (Å²) in [5.41, 5.74) is 7.48. The lowest BCUT2D eigenvalue weighted by molar-refractivity contribution is 0.0938. The molecule has 2 N–H and O–H groups in total. The van der Waals surface area contributed by atoms with E-state index in [1.165, 1.54) is 6.42 Å². The van der Waals surface area contributed by atoms with Gasteiger partial charge < -0.3 is 9.73 Å². The maximum atomic E-state index is 13.6. The lowest BCUT2D eigenvalue weighted by Crippen LogP contribution is -2.61. The smallest absolute Gasteiger partial charge is 0.262 e. The van der Waals surface area contributed by atoms with Crippen molar-refractivity contribution in [3.63, 3.8) is 0 Å². The predicted octanol–water partition coefficient (Wildman–Crippen LogP) is 5.45. The van der Waals surface area contributed by atoms with Crippen LogP contribution in [0.15, 0.2) is 76.4 Å². The summed E-state index contributed by atoms with van der Waals surface area (Å²) in [7, 11) is 0. The van der Waals surface area contributed by atoms with Gasteiger partial charge in [0.2, 0.25) is 0 Å². The molecular formula is C26H26N4O2. The van der Waals surface area contributed by atoms with Crippen LogP contribution in [0.1, 0.15) is 66.2 Å². The van der Waals surface area contributed by atoms with Gasteiger partial charge in [0.1, 0.15) is 17.5 Å². The second kappa shape index (κ2) is 7.55. The van der Waals surface area contributed by atoms with Crippen LogP contribution in [0.2, 0.25) is 0 Å². The average Bonchev–Trinajstić information content (AvgIpc) is 3.53. The molecule has 0 bridgehead atoms. The molecule has 3 heterocycles. The van der Waals surface area contributed by atoms with E-state index in [2.05, 4.69) is 40.1 Å². The second-order valence-electron chi connectivity index (χ2n) is 8.91. The topological polar surface area (TPSA) is 69.9 Å². The van der Waals surface area contributed by atoms with Crippen LogP contribution in [0.25, 0.3) is 0 Å². The summed E-state index contributed by atoms with van der Waals surface area (Å²) >= 11 is 0. The van der Waals surface area contributed by atoms with Gasteiger partial charge in [0, 0.05) is 17.8 Å². The fourth-order valence-corrected chi connectivity index (χ4v) is 5.33. The number of hydrazone groups is 1. The molecule has 0 radical (unpaired) electrons. The molecule has 2 aliphatic heterocycles. The van der Waals surface area contributed by atoms with Crippen molar-refractivity contribution < 1.29 is 9.21 Å². The molecular weight excluding hydrogens is 400 g/mol. The Kier molecular flexibility index (Phi) is 4.52. The number of hydrogen-bond donors (Lipinski definition) is 2. The number of furan rings is 1. The molecule has 1 aromatic heterocycles. The van der Waals surface area contributed by atoms with Crippen molar-refractivity contribution in [3.05, 3.63) is 83.8 Å². The number of amides is 1. The van der Waals surface area contributed by atoms with Crippen molar-refractivity contribution in [3.8, 4) is 0 Å². The SMILES string of the molecule is O=C1c2ccccc2NC2(CCCCC2)N1c1ccc(C2=NNC(c3ccco3)C2)cc1. The molecule has 162 valence electrons. The third kappa shape index (κ3) is 3.09. The van der Waals surface area contributed by atoms with Crippen LogP contribution in [-0.2, 0) is 0 Å². The molecule has 1 fully saturated rings. The van der Waals surface area contributed by atoms with Gasteiger partial charge in [-0.1, -0.05) is 30.7 Å². The minimum Gasteiger partial charge on any atom is -0.467 e. The summed E-state index contributed by atoms with van der Waals surface area (Å²) in [6.07, 6.45) is 7.82. The van der Waals surface area contributed by atoms with E-state index in [4.69, 9.17) is 4.42 Å². The van der Waals surface area contributed by atoms with Gasteiger partial charge in [-0.2, -0.15) is 5.10 Å². The number of rotatable bonds is 3. The van der Waals surface area contributed by atoms with Crippen molar-refractivity contribution in [2.24, 2.45) is 5.10 Å². The quantitative estimate of drug-likeness (QED) is 0.584. The van der Waals surface area contributed by atoms with E-state index in [9.17, 15) is 4.79 Å². The van der Waals surface area contributed by atoms with Crippen LogP contribution in [0, 0.1) is 0 Å². The van der Waals surface area contributed by atoms with Gasteiger partial charge in [0.05, 0.1) is 17.5 Å². The summed E-state index contributed by atoms with van der Waals surface area (Å²) in [4.78, 5) is 15.6. The third-order valence-electron chi connectivity index (χ3n) is 6.93. The fraction of sp³-hybridized carbons (Fsp3) is 0.308. The Labute approximate surface area is 187 Å². The lowest BCUT2D eigenvalue weighted by Gasteiger charge is -2.50. The van der Waals surface area contributed by atoms with E-state index < -0.39 is 0 Å². The number of benzene rings is 2. The van der Waals surface area contributed by atoms with Gasteiger partial charge in [-0.25, -0.2) is 0 Å². The average molecular weight is 427 g/mol. The summed E-state index contributed by atoms with van der Waals surface area (Å²) < 4.78 is 5.52. The van der Waals surface area contributed by atoms with Crippen molar-refractivity contribution in [2.45, 2.75) is 50.2 Å². The monoisotopic (exact) mass is 426 g/mol. The molecule has 2 aromatic carbocycles. The molecule has 1 aliphatic carbocycles. The predicted molar refractivity (Wildman–Crippen MR) is 125 cm³/mol. The Balaban J connectivity index is 1.30. The fourth-order valence-electron chi connectivity index (χ4n) is 5.33. The molecule has 0 saturated heterocycles. The zero-order chi connectivity index (χ0) is 21.5. The number of fused-ring (bicyclic) bond motifs is 1.